The maximum atomic E-state index is 3.10. The zero-order valence-corrected chi connectivity index (χ0v) is 10.1. The van der Waals surface area contributed by atoms with Gasteiger partial charge in [0.2, 0.25) is 0 Å². The van der Waals surface area contributed by atoms with Crippen molar-refractivity contribution in [1.82, 2.24) is 5.32 Å². The first-order valence-corrected chi connectivity index (χ1v) is 5.87. The summed E-state index contributed by atoms with van der Waals surface area (Å²) >= 11 is 0. The molecular formula is C16H17N. The highest BCUT2D eigenvalue weighted by atomic mass is 14.8. The van der Waals surface area contributed by atoms with Crippen molar-refractivity contribution in [2.24, 2.45) is 0 Å². The maximum absolute atomic E-state index is 3.10. The number of likely N-dealkylation sites (N-methyl/N-ethyl adjacent to an activating group) is 1. The maximum Gasteiger partial charge on any atom is 0.0135 e. The summed E-state index contributed by atoms with van der Waals surface area (Å²) in [5.41, 5.74) is 3.76. The first-order valence-electron chi connectivity index (χ1n) is 5.87. The summed E-state index contributed by atoms with van der Waals surface area (Å²) in [6, 6.07) is 19.0. The Morgan fingerprint density at radius 2 is 1.71 bits per heavy atom. The molecule has 0 saturated carbocycles. The van der Waals surface area contributed by atoms with Gasteiger partial charge in [0, 0.05) is 6.54 Å². The average Bonchev–Trinajstić information content (AvgIpc) is 2.41. The molecule has 2 aromatic rings. The Labute approximate surface area is 103 Å². The first kappa shape index (κ1) is 11.6. The van der Waals surface area contributed by atoms with Crippen LogP contribution in [-0.2, 0) is 0 Å². The Kier molecular flexibility index (Phi) is 4.11. The van der Waals surface area contributed by atoms with E-state index < -0.39 is 0 Å². The second-order valence-corrected chi connectivity index (χ2v) is 3.95. The van der Waals surface area contributed by atoms with Crippen molar-refractivity contribution in [3.8, 4) is 11.1 Å². The van der Waals surface area contributed by atoms with Crippen LogP contribution in [-0.4, -0.2) is 13.6 Å². The van der Waals surface area contributed by atoms with Crippen LogP contribution in [0, 0.1) is 0 Å². The third-order valence-corrected chi connectivity index (χ3v) is 2.63. The monoisotopic (exact) mass is 223 g/mol. The van der Waals surface area contributed by atoms with E-state index >= 15 is 0 Å². The standard InChI is InChI=1S/C16H17N/c1-17-12-6-8-14-7-5-11-16(13-14)15-9-3-2-4-10-15/h2-11,13,17H,12H2,1H3. The van der Waals surface area contributed by atoms with Gasteiger partial charge < -0.3 is 5.32 Å². The molecule has 2 aromatic carbocycles. The third kappa shape index (κ3) is 3.30. The molecule has 0 saturated heterocycles. The Hall–Kier alpha value is -1.86. The van der Waals surface area contributed by atoms with Gasteiger partial charge in [-0.05, 0) is 29.8 Å². The van der Waals surface area contributed by atoms with Crippen molar-refractivity contribution in [3.63, 3.8) is 0 Å². The molecule has 2 rings (SSSR count). The van der Waals surface area contributed by atoms with E-state index in [0.29, 0.717) is 0 Å². The number of hydrogen-bond acceptors (Lipinski definition) is 1. The smallest absolute Gasteiger partial charge is 0.0135 e. The Bertz CT molecular complexity index is 486. The van der Waals surface area contributed by atoms with Crippen LogP contribution >= 0.6 is 0 Å². The molecule has 0 aliphatic rings. The minimum absolute atomic E-state index is 0.898. The van der Waals surface area contributed by atoms with E-state index in [9.17, 15) is 0 Å². The van der Waals surface area contributed by atoms with Gasteiger partial charge in [-0.15, -0.1) is 0 Å². The van der Waals surface area contributed by atoms with Crippen molar-refractivity contribution in [2.45, 2.75) is 0 Å². The molecule has 1 N–H and O–H groups in total. The molecule has 0 spiro atoms. The summed E-state index contributed by atoms with van der Waals surface area (Å²) < 4.78 is 0. The van der Waals surface area contributed by atoms with E-state index in [0.717, 1.165) is 6.54 Å². The summed E-state index contributed by atoms with van der Waals surface area (Å²) in [5, 5.41) is 3.10. The molecule has 0 aliphatic heterocycles. The van der Waals surface area contributed by atoms with Crippen molar-refractivity contribution >= 4 is 6.08 Å². The van der Waals surface area contributed by atoms with Crippen molar-refractivity contribution in [2.75, 3.05) is 13.6 Å². The lowest BCUT2D eigenvalue weighted by atomic mass is 10.0. The molecule has 1 heteroatoms. The number of hydrogen-bond donors (Lipinski definition) is 1. The lowest BCUT2D eigenvalue weighted by molar-refractivity contribution is 0.922. The van der Waals surface area contributed by atoms with Crippen LogP contribution in [0.1, 0.15) is 5.56 Å². The normalized spacial score (nSPS) is 10.9. The first-order chi connectivity index (χ1) is 8.40. The van der Waals surface area contributed by atoms with Gasteiger partial charge in [-0.1, -0.05) is 60.7 Å². The number of rotatable bonds is 4. The van der Waals surface area contributed by atoms with E-state index in [1.807, 2.05) is 13.1 Å². The predicted octanol–water partition coefficient (Wildman–Crippen LogP) is 3.59. The Morgan fingerprint density at radius 3 is 2.47 bits per heavy atom. The van der Waals surface area contributed by atoms with Gasteiger partial charge in [-0.25, -0.2) is 0 Å². The summed E-state index contributed by atoms with van der Waals surface area (Å²) in [6.07, 6.45) is 4.27. The Morgan fingerprint density at radius 1 is 0.941 bits per heavy atom. The molecular weight excluding hydrogens is 206 g/mol. The minimum Gasteiger partial charge on any atom is -0.316 e. The van der Waals surface area contributed by atoms with Gasteiger partial charge in [-0.2, -0.15) is 0 Å². The van der Waals surface area contributed by atoms with Gasteiger partial charge in [0.15, 0.2) is 0 Å². The zero-order valence-electron chi connectivity index (χ0n) is 10.1. The zero-order chi connectivity index (χ0) is 11.9. The molecule has 17 heavy (non-hydrogen) atoms. The lowest BCUT2D eigenvalue weighted by Gasteiger charge is -2.02. The molecule has 0 unspecified atom stereocenters. The fraction of sp³-hybridized carbons (Fsp3) is 0.125. The second kappa shape index (κ2) is 6.02. The Balaban J connectivity index is 2.23. The largest absolute Gasteiger partial charge is 0.316 e. The molecule has 0 fully saturated rings. The highest BCUT2D eigenvalue weighted by molar-refractivity contribution is 5.67. The van der Waals surface area contributed by atoms with Crippen LogP contribution in [0.3, 0.4) is 0 Å². The fourth-order valence-corrected chi connectivity index (χ4v) is 1.77. The average molecular weight is 223 g/mol. The number of nitrogens with one attached hydrogen (secondary N) is 1. The lowest BCUT2D eigenvalue weighted by Crippen LogP contribution is -2.03. The molecule has 0 bridgehead atoms. The van der Waals surface area contributed by atoms with Crippen LogP contribution < -0.4 is 5.32 Å². The van der Waals surface area contributed by atoms with Gasteiger partial charge >= 0.3 is 0 Å². The van der Waals surface area contributed by atoms with Crippen LogP contribution in [0.15, 0.2) is 60.7 Å². The van der Waals surface area contributed by atoms with Crippen molar-refractivity contribution < 1.29 is 0 Å². The molecule has 0 radical (unpaired) electrons. The fourth-order valence-electron chi connectivity index (χ4n) is 1.77. The van der Waals surface area contributed by atoms with Gasteiger partial charge in [0.25, 0.3) is 0 Å². The highest BCUT2D eigenvalue weighted by Gasteiger charge is 1.96. The predicted molar refractivity (Wildman–Crippen MR) is 74.8 cm³/mol. The molecule has 0 aromatic heterocycles. The number of benzene rings is 2. The van der Waals surface area contributed by atoms with Gasteiger partial charge in [0.05, 0.1) is 0 Å². The topological polar surface area (TPSA) is 12.0 Å². The second-order valence-electron chi connectivity index (χ2n) is 3.95. The highest BCUT2D eigenvalue weighted by Crippen LogP contribution is 2.20. The SMILES string of the molecule is CNCC=Cc1cccc(-c2ccccc2)c1. The van der Waals surface area contributed by atoms with E-state index in [-0.39, 0.29) is 0 Å². The third-order valence-electron chi connectivity index (χ3n) is 2.63. The van der Waals surface area contributed by atoms with Crippen LogP contribution in [0.5, 0.6) is 0 Å². The molecule has 86 valence electrons. The molecule has 1 nitrogen and oxygen atoms in total. The molecule has 0 atom stereocenters. The van der Waals surface area contributed by atoms with E-state index in [1.54, 1.807) is 0 Å². The van der Waals surface area contributed by atoms with E-state index in [2.05, 4.69) is 66.0 Å². The summed E-state index contributed by atoms with van der Waals surface area (Å²) in [4.78, 5) is 0. The summed E-state index contributed by atoms with van der Waals surface area (Å²) in [7, 11) is 1.95. The van der Waals surface area contributed by atoms with Crippen LogP contribution in [0.2, 0.25) is 0 Å². The van der Waals surface area contributed by atoms with E-state index in [1.165, 1.54) is 16.7 Å². The van der Waals surface area contributed by atoms with Crippen LogP contribution in [0.4, 0.5) is 0 Å². The van der Waals surface area contributed by atoms with Crippen molar-refractivity contribution in [1.29, 1.82) is 0 Å². The van der Waals surface area contributed by atoms with Gasteiger partial charge in [0.1, 0.15) is 0 Å². The summed E-state index contributed by atoms with van der Waals surface area (Å²) in [5.74, 6) is 0. The quantitative estimate of drug-likeness (QED) is 0.835. The summed E-state index contributed by atoms with van der Waals surface area (Å²) in [6.45, 7) is 0.898. The minimum atomic E-state index is 0.898. The molecule has 0 aliphatic carbocycles. The van der Waals surface area contributed by atoms with Crippen LogP contribution in [0.25, 0.3) is 17.2 Å². The molecule has 0 heterocycles. The van der Waals surface area contributed by atoms with Crippen molar-refractivity contribution in [3.05, 3.63) is 66.2 Å². The van der Waals surface area contributed by atoms with Gasteiger partial charge in [-0.3, -0.25) is 0 Å². The van der Waals surface area contributed by atoms with E-state index in [4.69, 9.17) is 0 Å². The molecule has 0 amide bonds.